The second-order valence-corrected chi connectivity index (χ2v) is 9.20. The number of carbonyl (C=O) groups is 2. The molecule has 1 N–H and O–H groups in total. The molecule has 0 fully saturated rings. The molecule has 0 saturated carbocycles. The van der Waals surface area contributed by atoms with Gasteiger partial charge in [-0.05, 0) is 23.3 Å². The lowest BCUT2D eigenvalue weighted by Gasteiger charge is -2.36. The molecule has 1 aliphatic carbocycles. The number of carbonyl (C=O) groups excluding carboxylic acids is 2. The molecule has 3 aromatic rings. The number of nitro groups is 2. The Morgan fingerprint density at radius 1 is 0.902 bits per heavy atom. The van der Waals surface area contributed by atoms with Crippen LogP contribution in [0.25, 0.3) is 0 Å². The normalized spacial score (nSPS) is 19.2. The van der Waals surface area contributed by atoms with Gasteiger partial charge < -0.3 is 19.3 Å². The van der Waals surface area contributed by atoms with E-state index in [-0.39, 0.29) is 24.4 Å². The Morgan fingerprint density at radius 2 is 1.49 bits per heavy atom. The molecule has 0 amide bonds. The molecule has 0 bridgehead atoms. The molecule has 1 aliphatic rings. The molecule has 4 atom stereocenters. The molecule has 4 rings (SSSR count). The van der Waals surface area contributed by atoms with Gasteiger partial charge in [0.15, 0.2) is 6.10 Å². The van der Waals surface area contributed by atoms with Gasteiger partial charge in [-0.25, -0.2) is 0 Å². The van der Waals surface area contributed by atoms with E-state index in [9.17, 15) is 34.9 Å². The number of ketones is 1. The summed E-state index contributed by atoms with van der Waals surface area (Å²) < 4.78 is 17.5. The first-order valence-corrected chi connectivity index (χ1v) is 12.5. The second-order valence-electron chi connectivity index (χ2n) is 9.20. The lowest BCUT2D eigenvalue weighted by atomic mass is 9.85. The Labute approximate surface area is 234 Å². The molecule has 0 saturated heterocycles. The van der Waals surface area contributed by atoms with Crippen molar-refractivity contribution in [1.82, 2.24) is 0 Å². The number of rotatable bonds is 11. The topological polar surface area (TPSA) is 168 Å². The zero-order valence-corrected chi connectivity index (χ0v) is 21.8. The zero-order chi connectivity index (χ0) is 29.5. The van der Waals surface area contributed by atoms with Crippen molar-refractivity contribution in [2.75, 3.05) is 0 Å². The number of Topliss-reactive ketones (excluding diaryl/α,β-unsaturated/α-hetero) is 1. The van der Waals surface area contributed by atoms with Gasteiger partial charge in [-0.1, -0.05) is 60.7 Å². The van der Waals surface area contributed by atoms with Gasteiger partial charge in [0, 0.05) is 18.6 Å². The average Bonchev–Trinajstić information content (AvgIpc) is 2.96. The van der Waals surface area contributed by atoms with Crippen LogP contribution in [-0.2, 0) is 37.0 Å². The number of hydrogen-bond acceptors (Lipinski definition) is 10. The summed E-state index contributed by atoms with van der Waals surface area (Å²) in [5.74, 6) is -1.64. The molecule has 41 heavy (non-hydrogen) atoms. The van der Waals surface area contributed by atoms with E-state index in [0.29, 0.717) is 6.07 Å². The maximum atomic E-state index is 13.7. The van der Waals surface area contributed by atoms with Crippen molar-refractivity contribution >= 4 is 23.1 Å². The van der Waals surface area contributed by atoms with E-state index in [4.69, 9.17) is 14.2 Å². The van der Waals surface area contributed by atoms with Crippen molar-refractivity contribution in [2.45, 2.75) is 44.6 Å². The molecule has 0 radical (unpaired) electrons. The molecular formula is C29H26N2O10. The van der Waals surface area contributed by atoms with Crippen LogP contribution in [0.4, 0.5) is 11.4 Å². The second kappa shape index (κ2) is 13.0. The highest BCUT2D eigenvalue weighted by molar-refractivity contribution is 6.02. The smallest absolute Gasteiger partial charge is 0.303 e. The van der Waals surface area contributed by atoms with Crippen LogP contribution < -0.4 is 0 Å². The maximum absolute atomic E-state index is 13.7. The molecule has 12 heteroatoms. The van der Waals surface area contributed by atoms with Gasteiger partial charge >= 0.3 is 5.97 Å². The molecule has 0 aromatic heterocycles. The Kier molecular flexibility index (Phi) is 9.30. The van der Waals surface area contributed by atoms with Crippen molar-refractivity contribution in [2.24, 2.45) is 0 Å². The van der Waals surface area contributed by atoms with E-state index in [1.54, 1.807) is 0 Å². The Morgan fingerprint density at radius 3 is 2.02 bits per heavy atom. The Bertz CT molecular complexity index is 1460. The van der Waals surface area contributed by atoms with Gasteiger partial charge in [-0.3, -0.25) is 29.8 Å². The van der Waals surface area contributed by atoms with Crippen LogP contribution in [0.1, 0.15) is 29.7 Å². The van der Waals surface area contributed by atoms with E-state index in [2.05, 4.69) is 0 Å². The summed E-state index contributed by atoms with van der Waals surface area (Å²) in [6.45, 7) is 1.22. The average molecular weight is 563 g/mol. The van der Waals surface area contributed by atoms with Crippen LogP contribution in [-0.4, -0.2) is 45.0 Å². The van der Waals surface area contributed by atoms with Gasteiger partial charge in [0.2, 0.25) is 5.78 Å². The van der Waals surface area contributed by atoms with Gasteiger partial charge in [0.05, 0.1) is 34.7 Å². The lowest BCUT2D eigenvalue weighted by Crippen LogP contribution is -2.51. The number of aliphatic hydroxyl groups excluding tert-OH is 1. The number of benzene rings is 3. The number of aliphatic hydroxyl groups is 1. The number of nitro benzene ring substituents is 2. The summed E-state index contributed by atoms with van der Waals surface area (Å²) in [4.78, 5) is 46.9. The molecule has 0 unspecified atom stereocenters. The Hall–Kier alpha value is -4.78. The van der Waals surface area contributed by atoms with Crippen molar-refractivity contribution in [3.05, 3.63) is 127 Å². The minimum absolute atomic E-state index is 0.0430. The minimum atomic E-state index is -1.89. The van der Waals surface area contributed by atoms with Crippen LogP contribution in [0.5, 0.6) is 0 Å². The fourth-order valence-corrected chi connectivity index (χ4v) is 4.43. The third-order valence-corrected chi connectivity index (χ3v) is 6.38. The van der Waals surface area contributed by atoms with Crippen molar-refractivity contribution in [3.63, 3.8) is 0 Å². The van der Waals surface area contributed by atoms with E-state index in [1.807, 2.05) is 60.7 Å². The molecule has 0 spiro atoms. The van der Waals surface area contributed by atoms with Crippen LogP contribution in [0.3, 0.4) is 0 Å². The third-order valence-electron chi connectivity index (χ3n) is 6.38. The summed E-state index contributed by atoms with van der Waals surface area (Å²) in [7, 11) is 0. The largest absolute Gasteiger partial charge is 0.451 e. The number of non-ortho nitro benzene ring substituents is 1. The Balaban J connectivity index is 1.75. The molecule has 0 aliphatic heterocycles. The molecule has 0 heterocycles. The minimum Gasteiger partial charge on any atom is -0.451 e. The predicted molar refractivity (Wildman–Crippen MR) is 143 cm³/mol. The third kappa shape index (κ3) is 7.06. The summed E-state index contributed by atoms with van der Waals surface area (Å²) >= 11 is 0. The molecular weight excluding hydrogens is 536 g/mol. The first kappa shape index (κ1) is 29.2. The van der Waals surface area contributed by atoms with Gasteiger partial charge in [-0.2, -0.15) is 0 Å². The highest BCUT2D eigenvalue weighted by atomic mass is 16.6. The standard InChI is InChI=1S/C29H26N2O10/c1-18(32)41-29-27(34)23(26(33)22-13-12-21(30(35)36)14-24(22)31(37)38)15-25(39-16-19-8-4-2-5-9-19)28(29)40-17-20-10-6-3-7-11-20/h2-15,25-26,28-29,33H,16-17H2,1H3/t25-,26-,28+,29+/m0/s1. The highest BCUT2D eigenvalue weighted by Gasteiger charge is 2.46. The van der Waals surface area contributed by atoms with Crippen molar-refractivity contribution in [3.8, 4) is 0 Å². The highest BCUT2D eigenvalue weighted by Crippen LogP contribution is 2.37. The van der Waals surface area contributed by atoms with Gasteiger partial charge in [0.1, 0.15) is 18.3 Å². The van der Waals surface area contributed by atoms with Crippen LogP contribution in [0.15, 0.2) is 90.5 Å². The van der Waals surface area contributed by atoms with Crippen molar-refractivity contribution in [1.29, 1.82) is 0 Å². The molecule has 3 aromatic carbocycles. The van der Waals surface area contributed by atoms with E-state index >= 15 is 0 Å². The number of ether oxygens (including phenoxy) is 3. The maximum Gasteiger partial charge on any atom is 0.303 e. The first-order valence-electron chi connectivity index (χ1n) is 12.5. The summed E-state index contributed by atoms with van der Waals surface area (Å²) in [5.41, 5.74) is -0.448. The number of hydrogen-bond donors (Lipinski definition) is 1. The summed E-state index contributed by atoms with van der Waals surface area (Å²) in [6, 6.07) is 20.8. The van der Waals surface area contributed by atoms with Crippen LogP contribution >= 0.6 is 0 Å². The first-order chi connectivity index (χ1) is 19.7. The predicted octanol–water partition coefficient (Wildman–Crippen LogP) is 4.15. The van der Waals surface area contributed by atoms with E-state index in [1.165, 1.54) is 6.08 Å². The summed E-state index contributed by atoms with van der Waals surface area (Å²) in [6.07, 6.45) is -4.32. The quantitative estimate of drug-likeness (QED) is 0.204. The number of nitrogens with zero attached hydrogens (tertiary/aromatic N) is 2. The monoisotopic (exact) mass is 562 g/mol. The van der Waals surface area contributed by atoms with Gasteiger partial charge in [0.25, 0.3) is 11.4 Å². The fourth-order valence-electron chi connectivity index (χ4n) is 4.43. The molecule has 212 valence electrons. The van der Waals surface area contributed by atoms with E-state index in [0.717, 1.165) is 30.2 Å². The number of esters is 1. The van der Waals surface area contributed by atoms with E-state index < -0.39 is 57.4 Å². The lowest BCUT2D eigenvalue weighted by molar-refractivity contribution is -0.394. The SMILES string of the molecule is CC(=O)O[C@@H]1C(=O)C([C@@H](O)c2ccc([N+](=O)[O-])cc2[N+](=O)[O-])=C[C@H](OCc2ccccc2)[C@H]1OCc1ccccc1. The fraction of sp³-hybridized carbons (Fsp3) is 0.241. The van der Waals surface area contributed by atoms with Gasteiger partial charge in [-0.15, -0.1) is 0 Å². The van der Waals surface area contributed by atoms with Crippen LogP contribution in [0, 0.1) is 20.2 Å². The van der Waals surface area contributed by atoms with Crippen molar-refractivity contribution < 1.29 is 38.8 Å². The molecule has 12 nitrogen and oxygen atoms in total. The van der Waals surface area contributed by atoms with Crippen LogP contribution in [0.2, 0.25) is 0 Å². The zero-order valence-electron chi connectivity index (χ0n) is 21.8. The summed E-state index contributed by atoms with van der Waals surface area (Å²) in [5, 5.41) is 34.1.